The van der Waals surface area contributed by atoms with Crippen molar-refractivity contribution in [3.63, 3.8) is 0 Å². The third kappa shape index (κ3) is 5.00. The van der Waals surface area contributed by atoms with E-state index in [-0.39, 0.29) is 11.7 Å². The number of likely N-dealkylation sites (N-methyl/N-ethyl adjacent to an activating group) is 1. The van der Waals surface area contributed by atoms with Crippen molar-refractivity contribution >= 4 is 11.6 Å². The number of benzene rings is 2. The van der Waals surface area contributed by atoms with Gasteiger partial charge in [0.1, 0.15) is 12.4 Å². The Labute approximate surface area is 124 Å². The van der Waals surface area contributed by atoms with Crippen LogP contribution < -0.4 is 10.2 Å². The lowest BCUT2D eigenvalue weighted by Gasteiger charge is -2.17. The van der Waals surface area contributed by atoms with Gasteiger partial charge in [-0.15, -0.1) is 0 Å². The number of halogens is 1. The number of nitrogens with one attached hydrogen (secondary N) is 2. The quantitative estimate of drug-likeness (QED) is 0.835. The van der Waals surface area contributed by atoms with E-state index in [9.17, 15) is 9.18 Å². The third-order valence-corrected chi connectivity index (χ3v) is 3.34. The van der Waals surface area contributed by atoms with Gasteiger partial charge in [-0.25, -0.2) is 4.39 Å². The summed E-state index contributed by atoms with van der Waals surface area (Å²) in [5.41, 5.74) is 1.83. The van der Waals surface area contributed by atoms with Crippen molar-refractivity contribution < 1.29 is 14.1 Å². The van der Waals surface area contributed by atoms with Crippen molar-refractivity contribution in [2.75, 3.05) is 18.4 Å². The summed E-state index contributed by atoms with van der Waals surface area (Å²) in [7, 11) is 0. The van der Waals surface area contributed by atoms with Gasteiger partial charge in [-0.05, 0) is 31.2 Å². The Balaban J connectivity index is 1.89. The van der Waals surface area contributed by atoms with Crippen molar-refractivity contribution in [1.82, 2.24) is 0 Å². The lowest BCUT2D eigenvalue weighted by atomic mass is 10.2. The number of carbonyl (C=O) groups excluding carboxylic acids is 1. The molecule has 0 spiro atoms. The fraction of sp³-hybridized carbons (Fsp3) is 0.235. The van der Waals surface area contributed by atoms with Gasteiger partial charge in [0.15, 0.2) is 6.54 Å². The Kier molecular flexibility index (Phi) is 5.46. The molecule has 0 saturated carbocycles. The molecule has 1 unspecified atom stereocenters. The molecule has 110 valence electrons. The van der Waals surface area contributed by atoms with Crippen LogP contribution in [0.5, 0.6) is 0 Å². The molecule has 0 bridgehead atoms. The van der Waals surface area contributed by atoms with Crippen LogP contribution in [0.2, 0.25) is 0 Å². The van der Waals surface area contributed by atoms with Gasteiger partial charge in [-0.1, -0.05) is 30.3 Å². The molecule has 0 aromatic heterocycles. The average molecular weight is 287 g/mol. The molecule has 4 heteroatoms. The van der Waals surface area contributed by atoms with Crippen LogP contribution in [0.15, 0.2) is 54.6 Å². The number of anilines is 1. The first-order valence-corrected chi connectivity index (χ1v) is 7.10. The summed E-state index contributed by atoms with van der Waals surface area (Å²) in [6.45, 7) is 4.13. The summed E-state index contributed by atoms with van der Waals surface area (Å²) >= 11 is 0. The van der Waals surface area contributed by atoms with Crippen LogP contribution in [0, 0.1) is 5.82 Å². The minimum atomic E-state index is -0.308. The molecule has 3 nitrogen and oxygen atoms in total. The first-order chi connectivity index (χ1) is 10.2. The molecule has 0 aliphatic heterocycles. The van der Waals surface area contributed by atoms with Crippen LogP contribution in [0.4, 0.5) is 10.1 Å². The lowest BCUT2D eigenvalue weighted by Crippen LogP contribution is -3.11. The van der Waals surface area contributed by atoms with Crippen molar-refractivity contribution in [2.24, 2.45) is 0 Å². The Morgan fingerprint density at radius 2 is 1.76 bits per heavy atom. The Morgan fingerprint density at radius 1 is 1.10 bits per heavy atom. The molecule has 2 aromatic carbocycles. The van der Waals surface area contributed by atoms with Crippen LogP contribution in [0.25, 0.3) is 0 Å². The first kappa shape index (κ1) is 15.2. The van der Waals surface area contributed by atoms with Crippen molar-refractivity contribution in [2.45, 2.75) is 13.5 Å². The highest BCUT2D eigenvalue weighted by atomic mass is 19.1. The van der Waals surface area contributed by atoms with E-state index < -0.39 is 0 Å². The van der Waals surface area contributed by atoms with E-state index >= 15 is 0 Å². The maximum atomic E-state index is 12.8. The third-order valence-electron chi connectivity index (χ3n) is 3.34. The summed E-state index contributed by atoms with van der Waals surface area (Å²) in [6, 6.07) is 15.9. The van der Waals surface area contributed by atoms with Crippen LogP contribution in [0.3, 0.4) is 0 Å². The zero-order valence-electron chi connectivity index (χ0n) is 12.1. The first-order valence-electron chi connectivity index (χ1n) is 7.10. The SMILES string of the molecule is CC[NH+](CC(=O)Nc1ccc(F)cc1)Cc1ccccc1. The fourth-order valence-corrected chi connectivity index (χ4v) is 2.16. The zero-order valence-corrected chi connectivity index (χ0v) is 12.1. The monoisotopic (exact) mass is 287 g/mol. The Bertz CT molecular complexity index is 569. The molecule has 0 aliphatic carbocycles. The van der Waals surface area contributed by atoms with E-state index in [1.807, 2.05) is 18.2 Å². The molecule has 0 saturated heterocycles. The van der Waals surface area contributed by atoms with E-state index in [2.05, 4.69) is 24.4 Å². The van der Waals surface area contributed by atoms with Crippen molar-refractivity contribution in [1.29, 1.82) is 0 Å². The summed E-state index contributed by atoms with van der Waals surface area (Å²) in [5.74, 6) is -0.368. The number of hydrogen-bond acceptors (Lipinski definition) is 1. The van der Waals surface area contributed by atoms with Gasteiger partial charge in [0.05, 0.1) is 6.54 Å². The van der Waals surface area contributed by atoms with E-state index in [1.54, 1.807) is 12.1 Å². The van der Waals surface area contributed by atoms with Crippen LogP contribution in [0.1, 0.15) is 12.5 Å². The van der Waals surface area contributed by atoms with Crippen LogP contribution in [-0.2, 0) is 11.3 Å². The van der Waals surface area contributed by atoms with Gasteiger partial charge >= 0.3 is 0 Å². The van der Waals surface area contributed by atoms with E-state index in [0.29, 0.717) is 12.2 Å². The summed E-state index contributed by atoms with van der Waals surface area (Å²) in [6.07, 6.45) is 0. The number of hydrogen-bond donors (Lipinski definition) is 2. The molecule has 0 fully saturated rings. The normalized spacial score (nSPS) is 11.9. The van der Waals surface area contributed by atoms with Gasteiger partial charge < -0.3 is 10.2 Å². The van der Waals surface area contributed by atoms with E-state index in [4.69, 9.17) is 0 Å². The van der Waals surface area contributed by atoms with Crippen molar-refractivity contribution in [3.05, 3.63) is 66.0 Å². The minimum absolute atomic E-state index is 0.0608. The molecule has 2 rings (SSSR count). The maximum Gasteiger partial charge on any atom is 0.279 e. The zero-order chi connectivity index (χ0) is 15.1. The predicted octanol–water partition coefficient (Wildman–Crippen LogP) is 1.87. The highest BCUT2D eigenvalue weighted by molar-refractivity contribution is 5.91. The fourth-order valence-electron chi connectivity index (χ4n) is 2.16. The van der Waals surface area contributed by atoms with Gasteiger partial charge in [-0.2, -0.15) is 0 Å². The van der Waals surface area contributed by atoms with Gasteiger partial charge in [-0.3, -0.25) is 4.79 Å². The highest BCUT2D eigenvalue weighted by Gasteiger charge is 2.13. The number of quaternary nitrogens is 1. The van der Waals surface area contributed by atoms with E-state index in [0.717, 1.165) is 13.1 Å². The molecule has 2 N–H and O–H groups in total. The Hall–Kier alpha value is -2.20. The molecule has 0 radical (unpaired) electrons. The standard InChI is InChI=1S/C17H19FN2O/c1-2-20(12-14-6-4-3-5-7-14)13-17(21)19-16-10-8-15(18)9-11-16/h3-11H,2,12-13H2,1H3,(H,19,21)/p+1. The summed E-state index contributed by atoms with van der Waals surface area (Å²) in [5, 5.41) is 2.79. The maximum absolute atomic E-state index is 12.8. The summed E-state index contributed by atoms with van der Waals surface area (Å²) in [4.78, 5) is 13.2. The minimum Gasteiger partial charge on any atom is -0.324 e. The molecule has 21 heavy (non-hydrogen) atoms. The molecule has 2 aromatic rings. The molecular weight excluding hydrogens is 267 g/mol. The molecule has 0 aliphatic rings. The molecule has 1 atom stereocenters. The van der Waals surface area contributed by atoms with Crippen LogP contribution >= 0.6 is 0 Å². The molecular formula is C17H20FN2O+. The second-order valence-corrected chi connectivity index (χ2v) is 5.00. The van der Waals surface area contributed by atoms with Crippen molar-refractivity contribution in [3.8, 4) is 0 Å². The molecule has 1 amide bonds. The number of amides is 1. The summed E-state index contributed by atoms with van der Waals surface area (Å²) < 4.78 is 12.8. The lowest BCUT2D eigenvalue weighted by molar-refractivity contribution is -0.903. The average Bonchev–Trinajstić information content (AvgIpc) is 2.50. The topological polar surface area (TPSA) is 33.5 Å². The smallest absolute Gasteiger partial charge is 0.279 e. The second-order valence-electron chi connectivity index (χ2n) is 5.00. The van der Waals surface area contributed by atoms with Crippen LogP contribution in [-0.4, -0.2) is 19.0 Å². The second kappa shape index (κ2) is 7.55. The molecule has 0 heterocycles. The van der Waals surface area contributed by atoms with Gasteiger partial charge in [0.25, 0.3) is 5.91 Å². The number of rotatable bonds is 6. The predicted molar refractivity (Wildman–Crippen MR) is 81.5 cm³/mol. The highest BCUT2D eigenvalue weighted by Crippen LogP contribution is 2.07. The Morgan fingerprint density at radius 3 is 2.38 bits per heavy atom. The van der Waals surface area contributed by atoms with Gasteiger partial charge in [0.2, 0.25) is 0 Å². The van der Waals surface area contributed by atoms with E-state index in [1.165, 1.54) is 22.6 Å². The number of carbonyl (C=O) groups is 1. The largest absolute Gasteiger partial charge is 0.324 e. The van der Waals surface area contributed by atoms with Gasteiger partial charge in [0, 0.05) is 11.3 Å².